The monoisotopic (exact) mass is 461 g/mol. The number of aliphatic imine (C=N–C) groups is 1. The number of benzene rings is 2. The second kappa shape index (κ2) is 9.67. The molecule has 0 radical (unpaired) electrons. The minimum atomic E-state index is -0.412. The molecule has 0 aromatic heterocycles. The van der Waals surface area contributed by atoms with E-state index < -0.39 is 12.0 Å². The van der Waals surface area contributed by atoms with Gasteiger partial charge in [-0.2, -0.15) is 0 Å². The Balaban J connectivity index is 1.64. The maximum Gasteiger partial charge on any atom is 0.338 e. The predicted octanol–water partition coefficient (Wildman–Crippen LogP) is 4.76. The molecule has 0 bridgehead atoms. The Morgan fingerprint density at radius 2 is 1.88 bits per heavy atom. The van der Waals surface area contributed by atoms with Crippen molar-refractivity contribution in [2.75, 3.05) is 7.11 Å². The van der Waals surface area contributed by atoms with Gasteiger partial charge in [0, 0.05) is 12.2 Å². The number of allylic oxidation sites excluding steroid dienone is 1. The molecule has 7 heteroatoms. The van der Waals surface area contributed by atoms with Gasteiger partial charge in [0.15, 0.2) is 5.17 Å². The highest BCUT2D eigenvalue weighted by Crippen LogP contribution is 2.45. The average Bonchev–Trinajstić information content (AvgIpc) is 3.19. The zero-order valence-electron chi connectivity index (χ0n) is 19.2. The van der Waals surface area contributed by atoms with E-state index in [0.717, 1.165) is 33.1 Å². The summed E-state index contributed by atoms with van der Waals surface area (Å²) in [5, 5.41) is 5.70. The van der Waals surface area contributed by atoms with E-state index >= 15 is 0 Å². The smallest absolute Gasteiger partial charge is 0.338 e. The van der Waals surface area contributed by atoms with Crippen LogP contribution >= 0.6 is 11.8 Å². The molecule has 2 aliphatic rings. The molecule has 0 fully saturated rings. The maximum atomic E-state index is 12.8. The normalized spacial score (nSPS) is 17.3. The molecule has 0 saturated carbocycles. The number of rotatable bonds is 6. The Morgan fingerprint density at radius 1 is 1.12 bits per heavy atom. The van der Waals surface area contributed by atoms with Crippen molar-refractivity contribution in [3.8, 4) is 0 Å². The van der Waals surface area contributed by atoms with E-state index in [2.05, 4.69) is 16.4 Å². The first-order valence-corrected chi connectivity index (χ1v) is 11.7. The third kappa shape index (κ3) is 4.73. The first-order chi connectivity index (χ1) is 15.9. The van der Waals surface area contributed by atoms with Gasteiger partial charge in [0.2, 0.25) is 5.91 Å². The van der Waals surface area contributed by atoms with E-state index in [1.807, 2.05) is 73.5 Å². The fourth-order valence-corrected chi connectivity index (χ4v) is 5.16. The molecule has 170 valence electrons. The molecule has 1 unspecified atom stereocenters. The summed E-state index contributed by atoms with van der Waals surface area (Å²) in [5.41, 5.74) is 6.18. The molecule has 2 heterocycles. The number of methoxy groups -OCH3 is 1. The fraction of sp³-hybridized carbons (Fsp3) is 0.269. The van der Waals surface area contributed by atoms with Crippen LogP contribution in [0.5, 0.6) is 0 Å². The third-order valence-electron chi connectivity index (χ3n) is 5.80. The molecule has 2 aromatic rings. The van der Waals surface area contributed by atoms with Gasteiger partial charge in [0.05, 0.1) is 30.8 Å². The summed E-state index contributed by atoms with van der Waals surface area (Å²) in [6.45, 7) is 6.38. The zero-order chi connectivity index (χ0) is 23.5. The van der Waals surface area contributed by atoms with E-state index in [9.17, 15) is 9.59 Å². The minimum Gasteiger partial charge on any atom is -0.466 e. The Labute approximate surface area is 198 Å². The van der Waals surface area contributed by atoms with Gasteiger partial charge in [-0.15, -0.1) is 0 Å². The summed E-state index contributed by atoms with van der Waals surface area (Å²) in [5.74, 6) is -0.498. The molecule has 2 aliphatic heterocycles. The van der Waals surface area contributed by atoms with Crippen LogP contribution in [0.15, 0.2) is 75.9 Å². The van der Waals surface area contributed by atoms with Crippen LogP contribution in [0.4, 0.5) is 0 Å². The number of esters is 1. The third-order valence-corrected chi connectivity index (χ3v) is 6.69. The summed E-state index contributed by atoms with van der Waals surface area (Å²) < 4.78 is 5.13. The SMILES string of the molecule is COC(=O)C1=C(C)N=C2SC=C(CC(=O)NCc3ccccc3)N2C1c1ccc(C)cc1C. The van der Waals surface area contributed by atoms with Crippen molar-refractivity contribution < 1.29 is 14.3 Å². The number of ether oxygens (including phenoxy) is 1. The first-order valence-electron chi connectivity index (χ1n) is 10.8. The lowest BCUT2D eigenvalue weighted by molar-refractivity contribution is -0.136. The largest absolute Gasteiger partial charge is 0.466 e. The summed E-state index contributed by atoms with van der Waals surface area (Å²) in [7, 11) is 1.38. The van der Waals surface area contributed by atoms with Crippen molar-refractivity contribution in [3.63, 3.8) is 0 Å². The molecule has 0 aliphatic carbocycles. The van der Waals surface area contributed by atoms with Gasteiger partial charge in [-0.05, 0) is 42.9 Å². The second-order valence-electron chi connectivity index (χ2n) is 8.18. The second-order valence-corrected chi connectivity index (χ2v) is 9.02. The predicted molar refractivity (Wildman–Crippen MR) is 131 cm³/mol. The van der Waals surface area contributed by atoms with Crippen LogP contribution in [0.2, 0.25) is 0 Å². The van der Waals surface area contributed by atoms with Crippen LogP contribution in [0.25, 0.3) is 0 Å². The number of carbonyl (C=O) groups excluding carboxylic acids is 2. The van der Waals surface area contributed by atoms with Crippen LogP contribution in [0.3, 0.4) is 0 Å². The van der Waals surface area contributed by atoms with Gasteiger partial charge >= 0.3 is 5.97 Å². The average molecular weight is 462 g/mol. The number of nitrogens with zero attached hydrogens (tertiary/aromatic N) is 2. The van der Waals surface area contributed by atoms with E-state index in [1.165, 1.54) is 18.9 Å². The molecule has 0 spiro atoms. The number of fused-ring (bicyclic) bond motifs is 1. The summed E-state index contributed by atoms with van der Waals surface area (Å²) in [6, 6.07) is 15.6. The Bertz CT molecular complexity index is 1180. The number of hydrogen-bond acceptors (Lipinski definition) is 6. The molecular formula is C26H27N3O3S. The van der Waals surface area contributed by atoms with Gasteiger partial charge in [0.25, 0.3) is 0 Å². The first kappa shape index (κ1) is 22.9. The quantitative estimate of drug-likeness (QED) is 0.628. The minimum absolute atomic E-state index is 0.0859. The Kier molecular flexibility index (Phi) is 6.70. The number of hydrogen-bond donors (Lipinski definition) is 1. The summed E-state index contributed by atoms with van der Waals surface area (Å²) in [6.07, 6.45) is 0.188. The number of carbonyl (C=O) groups is 2. The molecule has 6 nitrogen and oxygen atoms in total. The highest BCUT2D eigenvalue weighted by molar-refractivity contribution is 8.16. The van der Waals surface area contributed by atoms with Gasteiger partial charge in [-0.1, -0.05) is 65.9 Å². The van der Waals surface area contributed by atoms with Crippen molar-refractivity contribution in [1.82, 2.24) is 10.2 Å². The summed E-state index contributed by atoms with van der Waals surface area (Å²) >= 11 is 1.47. The van der Waals surface area contributed by atoms with E-state index in [0.29, 0.717) is 17.8 Å². The molecule has 0 saturated heterocycles. The number of thioether (sulfide) groups is 1. The van der Waals surface area contributed by atoms with Crippen LogP contribution in [0, 0.1) is 13.8 Å². The molecular weight excluding hydrogens is 434 g/mol. The highest BCUT2D eigenvalue weighted by Gasteiger charge is 2.41. The number of amides is 1. The van der Waals surface area contributed by atoms with Gasteiger partial charge in [0.1, 0.15) is 0 Å². The number of amidine groups is 1. The fourth-order valence-electron chi connectivity index (χ4n) is 4.19. The lowest BCUT2D eigenvalue weighted by Crippen LogP contribution is -2.38. The maximum absolute atomic E-state index is 12.8. The molecule has 2 aromatic carbocycles. The van der Waals surface area contributed by atoms with E-state index in [-0.39, 0.29) is 12.3 Å². The Morgan fingerprint density at radius 3 is 2.58 bits per heavy atom. The van der Waals surface area contributed by atoms with Crippen LogP contribution < -0.4 is 5.32 Å². The topological polar surface area (TPSA) is 71.0 Å². The molecule has 1 atom stereocenters. The number of nitrogens with one attached hydrogen (secondary N) is 1. The van der Waals surface area contributed by atoms with Gasteiger partial charge < -0.3 is 15.0 Å². The van der Waals surface area contributed by atoms with Gasteiger partial charge in [-0.3, -0.25) is 4.79 Å². The number of aryl methyl sites for hydroxylation is 2. The van der Waals surface area contributed by atoms with Gasteiger partial charge in [-0.25, -0.2) is 9.79 Å². The van der Waals surface area contributed by atoms with Crippen LogP contribution in [-0.4, -0.2) is 29.1 Å². The van der Waals surface area contributed by atoms with Crippen molar-refractivity contribution in [3.05, 3.63) is 93.2 Å². The van der Waals surface area contributed by atoms with Crippen LogP contribution in [0.1, 0.15) is 41.6 Å². The van der Waals surface area contributed by atoms with Crippen molar-refractivity contribution >= 4 is 28.8 Å². The molecule has 1 N–H and O–H groups in total. The van der Waals surface area contributed by atoms with E-state index in [1.54, 1.807) is 0 Å². The lowest BCUT2D eigenvalue weighted by Gasteiger charge is -2.37. The van der Waals surface area contributed by atoms with Crippen molar-refractivity contribution in [1.29, 1.82) is 0 Å². The summed E-state index contributed by atoms with van der Waals surface area (Å²) in [4.78, 5) is 32.3. The highest BCUT2D eigenvalue weighted by atomic mass is 32.2. The van der Waals surface area contributed by atoms with Crippen molar-refractivity contribution in [2.24, 2.45) is 4.99 Å². The standard InChI is InChI=1S/C26H27N3O3S/c1-16-10-11-21(17(2)12-16)24-23(25(31)32-4)18(3)28-26-29(24)20(15-33-26)13-22(30)27-14-19-8-6-5-7-9-19/h5-12,15,24H,13-14H2,1-4H3,(H,27,30). The van der Waals surface area contributed by atoms with Crippen LogP contribution in [-0.2, 0) is 20.9 Å². The zero-order valence-corrected chi connectivity index (χ0v) is 20.0. The van der Waals surface area contributed by atoms with E-state index in [4.69, 9.17) is 4.74 Å². The molecule has 4 rings (SSSR count). The molecule has 33 heavy (non-hydrogen) atoms. The molecule has 1 amide bonds. The Hall–Kier alpha value is -3.32. The van der Waals surface area contributed by atoms with Crippen molar-refractivity contribution in [2.45, 2.75) is 39.8 Å². The lowest BCUT2D eigenvalue weighted by atomic mass is 9.90.